The van der Waals surface area contributed by atoms with E-state index in [9.17, 15) is 0 Å². The van der Waals surface area contributed by atoms with E-state index < -0.39 is 0 Å². The second kappa shape index (κ2) is 24.9. The van der Waals surface area contributed by atoms with Crippen LogP contribution in [0.15, 0.2) is 36.5 Å². The van der Waals surface area contributed by atoms with Crippen LogP contribution in [0.2, 0.25) is 15.8 Å². The van der Waals surface area contributed by atoms with Crippen LogP contribution < -0.4 is 24.8 Å². The van der Waals surface area contributed by atoms with E-state index in [1.165, 1.54) is 15.8 Å². The minimum absolute atomic E-state index is 0. The fourth-order valence-corrected chi connectivity index (χ4v) is 3.28. The summed E-state index contributed by atoms with van der Waals surface area (Å²) in [7, 11) is 0. The summed E-state index contributed by atoms with van der Waals surface area (Å²) in [6.45, 7) is 6.97. The normalized spacial score (nSPS) is 11.9. The molecule has 0 aromatic carbocycles. The molecule has 0 radical (unpaired) electrons. The molecule has 0 unspecified atom stereocenters. The molecule has 0 aliphatic heterocycles. The monoisotopic (exact) mass is 404 g/mol. The summed E-state index contributed by atoms with van der Waals surface area (Å²) < 4.78 is 0. The average Bonchev–Trinajstić information content (AvgIpc) is 3.10. The van der Waals surface area contributed by atoms with Gasteiger partial charge in [0.1, 0.15) is 0 Å². The van der Waals surface area contributed by atoms with Crippen molar-refractivity contribution in [3.63, 3.8) is 0 Å². The van der Waals surface area contributed by atoms with Crippen molar-refractivity contribution in [1.82, 2.24) is 0 Å². The van der Waals surface area contributed by atoms with Crippen LogP contribution in [-0.2, 0) is 26.2 Å². The van der Waals surface area contributed by atoms with Crippen molar-refractivity contribution in [3.05, 3.63) is 48.6 Å². The van der Waals surface area contributed by atoms with Crippen LogP contribution in [0.25, 0.3) is 0 Å². The van der Waals surface area contributed by atoms with Crippen molar-refractivity contribution in [2.75, 3.05) is 0 Å². The molecule has 2 aliphatic carbocycles. The Hall–Kier alpha value is 0.956. The second-order valence-electron chi connectivity index (χ2n) is 4.10. The van der Waals surface area contributed by atoms with Crippen molar-refractivity contribution < 1.29 is 51.0 Å². The molecule has 0 fully saturated rings. The zero-order chi connectivity index (χ0) is 12.8. The van der Waals surface area contributed by atoms with Gasteiger partial charge in [-0.3, -0.25) is 12.2 Å². The summed E-state index contributed by atoms with van der Waals surface area (Å²) in [5.74, 6) is 0. The molecule has 20 heavy (non-hydrogen) atoms. The summed E-state index contributed by atoms with van der Waals surface area (Å²) in [6, 6.07) is 0. The molecule has 0 spiro atoms. The van der Waals surface area contributed by atoms with Gasteiger partial charge in [0.05, 0.1) is 0 Å². The van der Waals surface area contributed by atoms with Gasteiger partial charge in [0.15, 0.2) is 0 Å². The summed E-state index contributed by atoms with van der Waals surface area (Å²) in [5.41, 5.74) is 0. The Bertz CT molecular complexity index is 222. The maximum atomic E-state index is 2.99. The average molecular weight is 406 g/mol. The van der Waals surface area contributed by atoms with Crippen LogP contribution in [0.5, 0.6) is 0 Å². The number of rotatable bonds is 3. The molecule has 2 aliphatic rings. The number of hydrogen-bond donors (Lipinski definition) is 0. The first-order valence-electron chi connectivity index (χ1n) is 6.78. The molecular weight excluding hydrogens is 381 g/mol. The predicted molar refractivity (Wildman–Crippen MR) is 80.3 cm³/mol. The summed E-state index contributed by atoms with van der Waals surface area (Å²) in [5, 5.41) is 4.48. The van der Waals surface area contributed by atoms with Gasteiger partial charge in [0, 0.05) is 0 Å². The van der Waals surface area contributed by atoms with Crippen LogP contribution >= 0.6 is 0 Å². The molecule has 0 saturated carbocycles. The van der Waals surface area contributed by atoms with Crippen molar-refractivity contribution in [1.29, 1.82) is 0 Å². The molecule has 0 bridgehead atoms. The number of allylic oxidation sites excluding steroid dienone is 8. The number of halogens is 2. The van der Waals surface area contributed by atoms with Crippen LogP contribution in [0.4, 0.5) is 0 Å². The van der Waals surface area contributed by atoms with Gasteiger partial charge in [-0.05, 0) is 0 Å². The minimum Gasteiger partial charge on any atom is -1.00 e. The first-order valence-corrected chi connectivity index (χ1v) is 9.23. The van der Waals surface area contributed by atoms with Gasteiger partial charge in [0.2, 0.25) is 0 Å². The van der Waals surface area contributed by atoms with Crippen molar-refractivity contribution in [2.45, 2.75) is 49.5 Å². The smallest absolute Gasteiger partial charge is 1.00 e. The summed E-state index contributed by atoms with van der Waals surface area (Å²) in [6.07, 6.45) is 20.0. The third-order valence-corrected chi connectivity index (χ3v) is 6.37. The molecule has 0 aromatic heterocycles. The van der Waals surface area contributed by atoms with Gasteiger partial charge in [-0.25, -0.2) is 24.3 Å². The zero-order valence-corrected chi connectivity index (χ0v) is 18.0. The van der Waals surface area contributed by atoms with Gasteiger partial charge < -0.3 is 24.8 Å². The van der Waals surface area contributed by atoms with E-state index in [-0.39, 0.29) is 65.2 Å². The first kappa shape index (κ1) is 29.0. The Kier molecular flexibility index (Phi) is 36.2. The molecule has 0 aromatic rings. The fraction of sp³-hybridized carbons (Fsp3) is 0.500. The van der Waals surface area contributed by atoms with E-state index in [0.29, 0.717) is 0 Å². The zero-order valence-electron chi connectivity index (χ0n) is 12.8. The van der Waals surface area contributed by atoms with Crippen LogP contribution in [-0.4, -0.2) is 14.1 Å². The molecule has 0 amide bonds. The Labute approximate surface area is 162 Å². The fourth-order valence-electron chi connectivity index (χ4n) is 1.55. The van der Waals surface area contributed by atoms with Gasteiger partial charge in [-0.2, -0.15) is 12.2 Å². The van der Waals surface area contributed by atoms with E-state index >= 15 is 0 Å². The van der Waals surface area contributed by atoms with Gasteiger partial charge in [-0.1, -0.05) is 36.6 Å². The van der Waals surface area contributed by atoms with Crippen LogP contribution in [0.3, 0.4) is 0 Å². The van der Waals surface area contributed by atoms with Gasteiger partial charge in [-0.15, -0.1) is 12.8 Å². The van der Waals surface area contributed by atoms with Crippen LogP contribution in [0.1, 0.15) is 33.6 Å². The van der Waals surface area contributed by atoms with E-state index in [0.717, 1.165) is 12.8 Å². The first-order chi connectivity index (χ1) is 8.35. The maximum absolute atomic E-state index is 2.99. The van der Waals surface area contributed by atoms with Gasteiger partial charge >= 0.3 is 26.2 Å². The van der Waals surface area contributed by atoms with Gasteiger partial charge in [0.25, 0.3) is 14.1 Å². The molecule has 0 nitrogen and oxygen atoms in total. The Morgan fingerprint density at radius 2 is 1.15 bits per heavy atom. The molecule has 110 valence electrons. The molecule has 0 atom stereocenters. The predicted octanol–water partition coefficient (Wildman–Crippen LogP) is -0.842. The van der Waals surface area contributed by atoms with Crippen molar-refractivity contribution in [3.8, 4) is 0 Å². The van der Waals surface area contributed by atoms with E-state index in [2.05, 4.69) is 45.1 Å². The Balaban J connectivity index is -0.0000000903. The third-order valence-electron chi connectivity index (χ3n) is 2.90. The molecule has 0 saturated heterocycles. The second-order valence-corrected chi connectivity index (χ2v) is 8.28. The van der Waals surface area contributed by atoms with Crippen molar-refractivity contribution in [2.24, 2.45) is 0 Å². The topological polar surface area (TPSA) is 0 Å². The summed E-state index contributed by atoms with van der Waals surface area (Å²) >= 11 is -0.171. The minimum atomic E-state index is -0.171. The maximum Gasteiger partial charge on any atom is 4.00 e. The largest absolute Gasteiger partial charge is 4.00 e. The molecular formula is C16H25AlCl2Zr. The molecule has 0 N–H and O–H groups in total. The Morgan fingerprint density at radius 1 is 0.800 bits per heavy atom. The van der Waals surface area contributed by atoms with Crippen molar-refractivity contribution >= 4 is 14.1 Å². The quantitative estimate of drug-likeness (QED) is 0.424. The van der Waals surface area contributed by atoms with E-state index in [1.807, 2.05) is 24.3 Å². The summed E-state index contributed by atoms with van der Waals surface area (Å²) in [4.78, 5) is 0. The molecule has 2 rings (SSSR count). The Morgan fingerprint density at radius 3 is 1.20 bits per heavy atom. The molecule has 0 heterocycles. The van der Waals surface area contributed by atoms with E-state index in [1.54, 1.807) is 0 Å². The third kappa shape index (κ3) is 21.3. The van der Waals surface area contributed by atoms with E-state index in [4.69, 9.17) is 0 Å². The standard InChI is InChI=1S/2C5H5.3C2H5.Al.2ClH.Zr/c2*1-2-4-5-3-1;3*1-2;;;;/h2*1-3H,4H2;3*1H2,2H3;;2*1H;/q2*-1;;;;;;;+4/p-2. The molecule has 4 heteroatoms. The van der Waals surface area contributed by atoms with Crippen LogP contribution in [0, 0.1) is 12.2 Å². The number of hydrogen-bond acceptors (Lipinski definition) is 0. The SMILES string of the molecule is C[CH2][Al]([CH2]C)[CH2]C.[C-]1=CC=CC1.[C-]1=CC=CC1.[Cl-].[Cl-].[Zr+4].